The molecule has 0 aliphatic carbocycles. The highest BCUT2D eigenvalue weighted by Crippen LogP contribution is 2.36. The number of carbonyl (C=O) groups is 1. The van der Waals surface area contributed by atoms with Crippen LogP contribution in [0.3, 0.4) is 0 Å². The first-order valence-corrected chi connectivity index (χ1v) is 10.0. The molecule has 0 saturated heterocycles. The molecule has 1 heterocycles. The molecule has 0 radical (unpaired) electrons. The van der Waals surface area contributed by atoms with Crippen molar-refractivity contribution >= 4 is 34.8 Å². The second-order valence-corrected chi connectivity index (χ2v) is 7.10. The number of ether oxygens (including phenoxy) is 4. The summed E-state index contributed by atoms with van der Waals surface area (Å²) in [5, 5.41) is 3.54. The van der Waals surface area contributed by atoms with E-state index in [1.165, 1.54) is 13.2 Å². The SMILES string of the molecule is CCCOc1c(Cl)cc(C(=O)NNC(=S)NCc2ccc3c(c2)OCO3)cc1OC. The number of halogens is 1. The molecule has 0 spiro atoms. The van der Waals surface area contributed by atoms with Gasteiger partial charge in [-0.05, 0) is 48.5 Å². The molecule has 160 valence electrons. The highest BCUT2D eigenvalue weighted by Gasteiger charge is 2.16. The van der Waals surface area contributed by atoms with Crippen LogP contribution in [-0.2, 0) is 6.54 Å². The van der Waals surface area contributed by atoms with Crippen LogP contribution in [0.1, 0.15) is 29.3 Å². The topological polar surface area (TPSA) is 90.1 Å². The van der Waals surface area contributed by atoms with Crippen LogP contribution in [0.5, 0.6) is 23.0 Å². The molecule has 0 fully saturated rings. The number of hydrogen-bond donors (Lipinski definition) is 3. The Morgan fingerprint density at radius 2 is 2.00 bits per heavy atom. The van der Waals surface area contributed by atoms with Crippen molar-refractivity contribution in [3.8, 4) is 23.0 Å². The summed E-state index contributed by atoms with van der Waals surface area (Å²) in [7, 11) is 1.49. The van der Waals surface area contributed by atoms with Crippen LogP contribution in [0.2, 0.25) is 5.02 Å². The van der Waals surface area contributed by atoms with Crippen molar-refractivity contribution in [2.24, 2.45) is 0 Å². The number of methoxy groups -OCH3 is 1. The van der Waals surface area contributed by atoms with E-state index in [0.717, 1.165) is 12.0 Å². The van der Waals surface area contributed by atoms with Gasteiger partial charge in [-0.1, -0.05) is 24.6 Å². The van der Waals surface area contributed by atoms with Crippen molar-refractivity contribution in [2.75, 3.05) is 20.5 Å². The summed E-state index contributed by atoms with van der Waals surface area (Å²) in [5.74, 6) is 1.77. The standard InChI is InChI=1S/C20H22ClN3O5S/c1-3-6-27-18-14(21)8-13(9-17(18)26-2)19(25)23-24-20(30)22-10-12-4-5-15-16(7-12)29-11-28-15/h4-5,7-9H,3,6,10-11H2,1-2H3,(H,23,25)(H2,22,24,30). The highest BCUT2D eigenvalue weighted by molar-refractivity contribution is 7.80. The zero-order valence-electron chi connectivity index (χ0n) is 16.5. The van der Waals surface area contributed by atoms with E-state index in [0.29, 0.717) is 41.7 Å². The van der Waals surface area contributed by atoms with E-state index in [2.05, 4.69) is 16.2 Å². The third kappa shape index (κ3) is 5.37. The lowest BCUT2D eigenvalue weighted by Gasteiger charge is -2.15. The molecule has 2 aromatic carbocycles. The quantitative estimate of drug-likeness (QED) is 0.437. The monoisotopic (exact) mass is 451 g/mol. The normalized spacial score (nSPS) is 11.6. The molecule has 1 amide bonds. The molecule has 3 N–H and O–H groups in total. The average molecular weight is 452 g/mol. The van der Waals surface area contributed by atoms with Crippen LogP contribution in [-0.4, -0.2) is 31.5 Å². The molecule has 0 saturated carbocycles. The summed E-state index contributed by atoms with van der Waals surface area (Å²) in [5.41, 5.74) is 6.44. The molecule has 2 aromatic rings. The van der Waals surface area contributed by atoms with Gasteiger partial charge in [0.25, 0.3) is 5.91 Å². The number of benzene rings is 2. The van der Waals surface area contributed by atoms with Crippen molar-refractivity contribution in [3.63, 3.8) is 0 Å². The Kier molecular flexibility index (Phi) is 7.42. The molecule has 8 nitrogen and oxygen atoms in total. The smallest absolute Gasteiger partial charge is 0.269 e. The predicted octanol–water partition coefficient (Wildman–Crippen LogP) is 3.18. The minimum Gasteiger partial charge on any atom is -0.493 e. The molecule has 3 rings (SSSR count). The van der Waals surface area contributed by atoms with Gasteiger partial charge in [0.05, 0.1) is 18.7 Å². The van der Waals surface area contributed by atoms with Crippen LogP contribution < -0.4 is 35.1 Å². The van der Waals surface area contributed by atoms with Gasteiger partial charge in [-0.25, -0.2) is 0 Å². The van der Waals surface area contributed by atoms with Gasteiger partial charge >= 0.3 is 0 Å². The van der Waals surface area contributed by atoms with Gasteiger partial charge in [0.15, 0.2) is 28.1 Å². The summed E-state index contributed by atoms with van der Waals surface area (Å²) in [6.45, 7) is 3.14. The maximum absolute atomic E-state index is 12.5. The van der Waals surface area contributed by atoms with Crippen LogP contribution in [0.25, 0.3) is 0 Å². The Morgan fingerprint density at radius 1 is 1.20 bits per heavy atom. The minimum absolute atomic E-state index is 0.221. The van der Waals surface area contributed by atoms with Crippen LogP contribution in [0.4, 0.5) is 0 Å². The second kappa shape index (κ2) is 10.2. The fourth-order valence-electron chi connectivity index (χ4n) is 2.66. The lowest BCUT2D eigenvalue weighted by molar-refractivity contribution is 0.0943. The summed E-state index contributed by atoms with van der Waals surface area (Å²) < 4.78 is 21.5. The molecule has 0 bridgehead atoms. The van der Waals surface area contributed by atoms with Gasteiger partial charge in [-0.15, -0.1) is 0 Å². The van der Waals surface area contributed by atoms with Gasteiger partial charge in [-0.2, -0.15) is 0 Å². The summed E-state index contributed by atoms with van der Waals surface area (Å²) in [6, 6.07) is 8.67. The number of thiocarbonyl (C=S) groups is 1. The van der Waals surface area contributed by atoms with Crippen molar-refractivity contribution in [3.05, 3.63) is 46.5 Å². The molecule has 0 unspecified atom stereocenters. The van der Waals surface area contributed by atoms with E-state index < -0.39 is 5.91 Å². The predicted molar refractivity (Wildman–Crippen MR) is 116 cm³/mol. The first-order valence-electron chi connectivity index (χ1n) is 9.24. The van der Waals surface area contributed by atoms with E-state index in [9.17, 15) is 4.79 Å². The van der Waals surface area contributed by atoms with Crippen molar-refractivity contribution < 1.29 is 23.7 Å². The fourth-order valence-corrected chi connectivity index (χ4v) is 3.05. The van der Waals surface area contributed by atoms with Crippen LogP contribution in [0, 0.1) is 0 Å². The van der Waals surface area contributed by atoms with E-state index >= 15 is 0 Å². The zero-order valence-corrected chi connectivity index (χ0v) is 18.1. The number of hydrazine groups is 1. The van der Waals surface area contributed by atoms with E-state index in [4.69, 9.17) is 42.8 Å². The highest BCUT2D eigenvalue weighted by atomic mass is 35.5. The van der Waals surface area contributed by atoms with E-state index in [1.807, 2.05) is 25.1 Å². The van der Waals surface area contributed by atoms with Gasteiger partial charge in [-0.3, -0.25) is 15.6 Å². The number of amides is 1. The summed E-state index contributed by atoms with van der Waals surface area (Å²) >= 11 is 11.5. The van der Waals surface area contributed by atoms with Crippen molar-refractivity contribution in [2.45, 2.75) is 19.9 Å². The number of nitrogens with one attached hydrogen (secondary N) is 3. The lowest BCUT2D eigenvalue weighted by atomic mass is 10.2. The maximum atomic E-state index is 12.5. The Balaban J connectivity index is 1.53. The fraction of sp³-hybridized carbons (Fsp3) is 0.300. The molecule has 30 heavy (non-hydrogen) atoms. The molecular weight excluding hydrogens is 430 g/mol. The van der Waals surface area contributed by atoms with Crippen molar-refractivity contribution in [1.29, 1.82) is 0 Å². The third-order valence-corrected chi connectivity index (χ3v) is 4.65. The van der Waals surface area contributed by atoms with Gasteiger partial charge in [0.2, 0.25) is 6.79 Å². The van der Waals surface area contributed by atoms with Crippen LogP contribution >= 0.6 is 23.8 Å². The number of rotatable bonds is 7. The number of carbonyl (C=O) groups excluding carboxylic acids is 1. The molecular formula is C20H22ClN3O5S. The summed E-state index contributed by atoms with van der Waals surface area (Å²) in [6.07, 6.45) is 0.822. The molecule has 1 aliphatic heterocycles. The van der Waals surface area contributed by atoms with E-state index in [1.54, 1.807) is 6.07 Å². The first-order chi connectivity index (χ1) is 14.5. The van der Waals surface area contributed by atoms with Crippen molar-refractivity contribution in [1.82, 2.24) is 16.2 Å². The van der Waals surface area contributed by atoms with Crippen LogP contribution in [0.15, 0.2) is 30.3 Å². The Bertz CT molecular complexity index is 941. The van der Waals surface area contributed by atoms with Gasteiger partial charge in [0.1, 0.15) is 0 Å². The lowest BCUT2D eigenvalue weighted by Crippen LogP contribution is -2.46. The average Bonchev–Trinajstić information content (AvgIpc) is 3.22. The zero-order chi connectivity index (χ0) is 21.5. The minimum atomic E-state index is -0.426. The van der Waals surface area contributed by atoms with Gasteiger partial charge in [0, 0.05) is 12.1 Å². The third-order valence-electron chi connectivity index (χ3n) is 4.12. The first kappa shape index (κ1) is 21.8. The Morgan fingerprint density at radius 3 is 2.77 bits per heavy atom. The Labute approximate surface area is 184 Å². The summed E-state index contributed by atoms with van der Waals surface area (Å²) in [4.78, 5) is 12.5. The second-order valence-electron chi connectivity index (χ2n) is 6.29. The number of hydrogen-bond acceptors (Lipinski definition) is 6. The molecule has 0 atom stereocenters. The molecule has 10 heteroatoms. The number of fused-ring (bicyclic) bond motifs is 1. The van der Waals surface area contributed by atoms with E-state index in [-0.39, 0.29) is 16.9 Å². The maximum Gasteiger partial charge on any atom is 0.269 e. The Hall–Kier alpha value is -2.91. The molecule has 0 aromatic heterocycles. The van der Waals surface area contributed by atoms with Gasteiger partial charge < -0.3 is 24.3 Å². The largest absolute Gasteiger partial charge is 0.493 e. The molecule has 1 aliphatic rings.